The molecule has 2 aromatic carbocycles. The smallest absolute Gasteiger partial charge is 0.231 e. The van der Waals surface area contributed by atoms with Gasteiger partial charge in [-0.2, -0.15) is 0 Å². The highest BCUT2D eigenvalue weighted by atomic mass is 16.7. The summed E-state index contributed by atoms with van der Waals surface area (Å²) in [5, 5.41) is 0. The van der Waals surface area contributed by atoms with E-state index >= 15 is 0 Å². The van der Waals surface area contributed by atoms with Crippen LogP contribution in [0.3, 0.4) is 0 Å². The Morgan fingerprint density at radius 3 is 2.83 bits per heavy atom. The van der Waals surface area contributed by atoms with Crippen molar-refractivity contribution in [3.05, 3.63) is 70.3 Å². The number of benzene rings is 2. The van der Waals surface area contributed by atoms with Gasteiger partial charge in [-0.1, -0.05) is 42.0 Å². The molecular weight excluding hydrogens is 296 g/mol. The molecule has 0 fully saturated rings. The molecule has 0 amide bonds. The predicted molar refractivity (Wildman–Crippen MR) is 96.3 cm³/mol. The van der Waals surface area contributed by atoms with Crippen molar-refractivity contribution in [1.82, 2.24) is 0 Å². The van der Waals surface area contributed by atoms with Crippen molar-refractivity contribution in [1.29, 1.82) is 0 Å². The topological polar surface area (TPSA) is 18.5 Å². The molecule has 1 aliphatic heterocycles. The lowest BCUT2D eigenvalue weighted by atomic mass is 9.91. The second-order valence-electron chi connectivity index (χ2n) is 6.93. The van der Waals surface area contributed by atoms with Crippen LogP contribution in [0.5, 0.6) is 11.5 Å². The monoisotopic (exact) mass is 316 g/mol. The lowest BCUT2D eigenvalue weighted by molar-refractivity contribution is 0.174. The van der Waals surface area contributed by atoms with E-state index in [0.717, 1.165) is 30.8 Å². The second-order valence-corrected chi connectivity index (χ2v) is 6.93. The van der Waals surface area contributed by atoms with Gasteiger partial charge in [-0.25, -0.2) is 0 Å². The number of ether oxygens (including phenoxy) is 2. The maximum absolute atomic E-state index is 5.58. The van der Waals surface area contributed by atoms with Gasteiger partial charge in [0.05, 0.1) is 0 Å². The highest BCUT2D eigenvalue weighted by Gasteiger charge is 2.25. The van der Waals surface area contributed by atoms with E-state index in [-0.39, 0.29) is 0 Å². The molecule has 120 valence electrons. The largest absolute Gasteiger partial charge is 0.454 e. The van der Waals surface area contributed by atoms with Crippen molar-refractivity contribution < 1.29 is 9.47 Å². The summed E-state index contributed by atoms with van der Waals surface area (Å²) < 4.78 is 11.1. The Labute approximate surface area is 142 Å². The summed E-state index contributed by atoms with van der Waals surface area (Å²) in [5.41, 5.74) is 8.59. The minimum absolute atomic E-state index is 0.347. The van der Waals surface area contributed by atoms with Gasteiger partial charge in [-0.3, -0.25) is 0 Å². The van der Waals surface area contributed by atoms with Gasteiger partial charge in [0, 0.05) is 5.92 Å². The van der Waals surface area contributed by atoms with Gasteiger partial charge in [0.2, 0.25) is 6.79 Å². The molecule has 0 saturated heterocycles. The molecular formula is C22H20O2. The zero-order valence-electron chi connectivity index (χ0n) is 13.8. The van der Waals surface area contributed by atoms with Crippen LogP contribution in [0.1, 0.15) is 47.9 Å². The number of fused-ring (bicyclic) bond motifs is 3. The van der Waals surface area contributed by atoms with E-state index in [0.29, 0.717) is 12.7 Å². The Balaban J connectivity index is 1.40. The predicted octanol–water partition coefficient (Wildman–Crippen LogP) is 5.34. The number of hydrogen-bond acceptors (Lipinski definition) is 2. The molecule has 2 aliphatic carbocycles. The van der Waals surface area contributed by atoms with Gasteiger partial charge < -0.3 is 9.47 Å². The van der Waals surface area contributed by atoms with Crippen LogP contribution < -0.4 is 9.47 Å². The normalized spacial score (nSPS) is 19.8. The summed E-state index contributed by atoms with van der Waals surface area (Å²) in [5.74, 6) is 2.34. The first-order valence-electron chi connectivity index (χ1n) is 8.68. The van der Waals surface area contributed by atoms with Crippen molar-refractivity contribution in [3.8, 4) is 11.5 Å². The molecule has 2 aromatic rings. The average Bonchev–Trinajstić information content (AvgIpc) is 3.27. The van der Waals surface area contributed by atoms with Crippen molar-refractivity contribution in [2.75, 3.05) is 6.79 Å². The Bertz CT molecular complexity index is 889. The summed E-state index contributed by atoms with van der Waals surface area (Å²) >= 11 is 0. The third-order valence-electron chi connectivity index (χ3n) is 5.50. The molecule has 5 rings (SSSR count). The van der Waals surface area contributed by atoms with Crippen LogP contribution in [-0.4, -0.2) is 6.79 Å². The Kier molecular flexibility index (Phi) is 3.05. The van der Waals surface area contributed by atoms with Gasteiger partial charge in [0.1, 0.15) is 0 Å². The maximum atomic E-state index is 5.58. The van der Waals surface area contributed by atoms with Crippen LogP contribution in [0.15, 0.2) is 48.0 Å². The Morgan fingerprint density at radius 2 is 1.92 bits per heavy atom. The zero-order valence-corrected chi connectivity index (χ0v) is 13.8. The van der Waals surface area contributed by atoms with Crippen LogP contribution in [0.2, 0.25) is 0 Å². The molecule has 3 aliphatic rings. The van der Waals surface area contributed by atoms with Gasteiger partial charge in [0.15, 0.2) is 11.5 Å². The molecule has 0 saturated carbocycles. The van der Waals surface area contributed by atoms with Crippen LogP contribution in [0.4, 0.5) is 0 Å². The quantitative estimate of drug-likeness (QED) is 0.761. The third-order valence-corrected chi connectivity index (χ3v) is 5.50. The van der Waals surface area contributed by atoms with Gasteiger partial charge >= 0.3 is 0 Å². The van der Waals surface area contributed by atoms with Crippen molar-refractivity contribution in [3.63, 3.8) is 0 Å². The fourth-order valence-electron chi connectivity index (χ4n) is 4.26. The van der Waals surface area contributed by atoms with Crippen LogP contribution in [-0.2, 0) is 6.42 Å². The molecule has 24 heavy (non-hydrogen) atoms. The Hall–Kier alpha value is -2.48. The first-order valence-corrected chi connectivity index (χ1v) is 8.68. The molecule has 0 spiro atoms. The molecule has 1 heterocycles. The SMILES string of the molecule is CC1=C(CCC2C=Cc3ccccc32)c2cc3c(cc2C1)OCO3. The summed E-state index contributed by atoms with van der Waals surface area (Å²) in [7, 11) is 0. The summed E-state index contributed by atoms with van der Waals surface area (Å²) in [6.45, 7) is 2.61. The first-order chi connectivity index (χ1) is 11.8. The molecule has 0 aromatic heterocycles. The number of hydrogen-bond donors (Lipinski definition) is 0. The van der Waals surface area contributed by atoms with Gasteiger partial charge in [-0.05, 0) is 66.1 Å². The lowest BCUT2D eigenvalue weighted by Crippen LogP contribution is -1.95. The Morgan fingerprint density at radius 1 is 1.08 bits per heavy atom. The summed E-state index contributed by atoms with van der Waals surface area (Å²) in [4.78, 5) is 0. The zero-order chi connectivity index (χ0) is 16.1. The van der Waals surface area contributed by atoms with Crippen molar-refractivity contribution in [2.24, 2.45) is 0 Å². The molecule has 2 heteroatoms. The van der Waals surface area contributed by atoms with E-state index in [2.05, 4.69) is 55.5 Å². The standard InChI is InChI=1S/C22H20O2/c1-14-10-17-11-21-22(24-13-23-21)12-20(17)18(14)9-8-16-7-6-15-4-2-3-5-19(15)16/h2-7,11-12,16H,8-10,13H2,1H3. The van der Waals surface area contributed by atoms with E-state index in [9.17, 15) is 0 Å². The average molecular weight is 316 g/mol. The van der Waals surface area contributed by atoms with Crippen molar-refractivity contribution in [2.45, 2.75) is 32.1 Å². The summed E-state index contributed by atoms with van der Waals surface area (Å²) in [6.07, 6.45) is 7.94. The van der Waals surface area contributed by atoms with Crippen LogP contribution in [0, 0.1) is 0 Å². The molecule has 0 bridgehead atoms. The minimum Gasteiger partial charge on any atom is -0.454 e. The number of allylic oxidation sites excluding steroid dienone is 3. The highest BCUT2D eigenvalue weighted by molar-refractivity contribution is 5.78. The van der Waals surface area contributed by atoms with Crippen LogP contribution >= 0.6 is 0 Å². The van der Waals surface area contributed by atoms with Gasteiger partial charge in [0.25, 0.3) is 0 Å². The fraction of sp³-hybridized carbons (Fsp3) is 0.273. The fourth-order valence-corrected chi connectivity index (χ4v) is 4.26. The molecule has 1 atom stereocenters. The first kappa shape index (κ1) is 13.9. The molecule has 0 radical (unpaired) electrons. The lowest BCUT2D eigenvalue weighted by Gasteiger charge is -2.13. The number of rotatable bonds is 3. The maximum Gasteiger partial charge on any atom is 0.231 e. The highest BCUT2D eigenvalue weighted by Crippen LogP contribution is 2.45. The minimum atomic E-state index is 0.347. The summed E-state index contributed by atoms with van der Waals surface area (Å²) in [6, 6.07) is 13.1. The van der Waals surface area contributed by atoms with E-state index in [1.54, 1.807) is 0 Å². The van der Waals surface area contributed by atoms with Gasteiger partial charge in [-0.15, -0.1) is 0 Å². The van der Waals surface area contributed by atoms with Crippen LogP contribution in [0.25, 0.3) is 11.6 Å². The molecule has 1 unspecified atom stereocenters. The van der Waals surface area contributed by atoms with E-state index in [4.69, 9.17) is 9.47 Å². The molecule has 2 nitrogen and oxygen atoms in total. The van der Waals surface area contributed by atoms with E-state index in [1.807, 2.05) is 0 Å². The van der Waals surface area contributed by atoms with E-state index in [1.165, 1.54) is 33.4 Å². The molecule has 0 N–H and O–H groups in total. The van der Waals surface area contributed by atoms with Crippen molar-refractivity contribution >= 4 is 11.6 Å². The second kappa shape index (κ2) is 5.27. The third kappa shape index (κ3) is 2.10. The van der Waals surface area contributed by atoms with E-state index < -0.39 is 0 Å².